The Balaban J connectivity index is 0.00000392. The SMILES string of the molecule is CCC(C)NC(=NCC(=O)N(C)C)NC1CCN(c2cccc(C)n2)CC1.I. The fourth-order valence-corrected chi connectivity index (χ4v) is 2.91. The first-order valence-corrected chi connectivity index (χ1v) is 9.85. The number of aromatic nitrogens is 1. The number of likely N-dealkylation sites (N-methyl/N-ethyl adjacent to an activating group) is 1. The number of hydrogen-bond acceptors (Lipinski definition) is 4. The number of hydrogen-bond donors (Lipinski definition) is 2. The fraction of sp³-hybridized carbons (Fsp3) is 0.650. The van der Waals surface area contributed by atoms with Crippen molar-refractivity contribution in [2.75, 3.05) is 38.6 Å². The molecule has 0 radical (unpaired) electrons. The number of piperidine rings is 1. The van der Waals surface area contributed by atoms with Gasteiger partial charge in [0.2, 0.25) is 5.91 Å². The molecule has 1 aliphatic heterocycles. The van der Waals surface area contributed by atoms with Crippen molar-refractivity contribution in [1.82, 2.24) is 20.5 Å². The molecule has 1 fully saturated rings. The Bertz CT molecular complexity index is 643. The lowest BCUT2D eigenvalue weighted by atomic mass is 10.1. The molecule has 1 aromatic rings. The highest BCUT2D eigenvalue weighted by Crippen LogP contribution is 2.18. The van der Waals surface area contributed by atoms with E-state index >= 15 is 0 Å². The number of aryl methyl sites for hydroxylation is 1. The van der Waals surface area contributed by atoms with Crippen LogP contribution in [-0.4, -0.2) is 67.6 Å². The summed E-state index contributed by atoms with van der Waals surface area (Å²) in [5.74, 6) is 1.78. The number of rotatable bonds is 6. The molecular weight excluding hydrogens is 467 g/mol. The highest BCUT2D eigenvalue weighted by atomic mass is 127. The molecule has 0 saturated carbocycles. The number of amides is 1. The van der Waals surface area contributed by atoms with Crippen LogP contribution in [0.1, 0.15) is 38.8 Å². The van der Waals surface area contributed by atoms with E-state index in [0.717, 1.165) is 49.8 Å². The minimum atomic E-state index is 0. The van der Waals surface area contributed by atoms with Crippen LogP contribution in [0, 0.1) is 6.92 Å². The normalized spacial score (nSPS) is 16.2. The predicted octanol–water partition coefficient (Wildman–Crippen LogP) is 2.40. The number of guanidine groups is 1. The van der Waals surface area contributed by atoms with Crippen LogP contribution < -0.4 is 15.5 Å². The van der Waals surface area contributed by atoms with Crippen LogP contribution >= 0.6 is 24.0 Å². The number of carbonyl (C=O) groups excluding carboxylic acids is 1. The third-order valence-electron chi connectivity index (χ3n) is 4.90. The molecule has 158 valence electrons. The lowest BCUT2D eigenvalue weighted by molar-refractivity contribution is -0.127. The summed E-state index contributed by atoms with van der Waals surface area (Å²) in [5.41, 5.74) is 1.05. The molecule has 0 bridgehead atoms. The Labute approximate surface area is 186 Å². The van der Waals surface area contributed by atoms with Crippen molar-refractivity contribution in [2.45, 2.75) is 52.1 Å². The average molecular weight is 502 g/mol. The second-order valence-electron chi connectivity index (χ2n) is 7.45. The van der Waals surface area contributed by atoms with Gasteiger partial charge in [0.05, 0.1) is 0 Å². The van der Waals surface area contributed by atoms with Gasteiger partial charge in [0, 0.05) is 45.0 Å². The van der Waals surface area contributed by atoms with E-state index in [1.165, 1.54) is 0 Å². The number of nitrogens with zero attached hydrogens (tertiary/aromatic N) is 4. The Kier molecular flexibility index (Phi) is 10.6. The van der Waals surface area contributed by atoms with Crippen molar-refractivity contribution in [1.29, 1.82) is 0 Å². The summed E-state index contributed by atoms with van der Waals surface area (Å²) >= 11 is 0. The first-order valence-electron chi connectivity index (χ1n) is 9.85. The minimum Gasteiger partial charge on any atom is -0.356 e. The van der Waals surface area contributed by atoms with E-state index in [1.54, 1.807) is 19.0 Å². The van der Waals surface area contributed by atoms with Gasteiger partial charge in [0.25, 0.3) is 0 Å². The number of pyridine rings is 1. The van der Waals surface area contributed by atoms with Gasteiger partial charge in [-0.3, -0.25) is 4.79 Å². The molecule has 1 unspecified atom stereocenters. The Morgan fingerprint density at radius 2 is 2.04 bits per heavy atom. The zero-order valence-electron chi connectivity index (χ0n) is 17.7. The second kappa shape index (κ2) is 12.1. The van der Waals surface area contributed by atoms with Crippen LogP contribution in [0.2, 0.25) is 0 Å². The largest absolute Gasteiger partial charge is 0.356 e. The maximum atomic E-state index is 11.9. The molecule has 28 heavy (non-hydrogen) atoms. The summed E-state index contributed by atoms with van der Waals surface area (Å²) in [5, 5.41) is 6.92. The maximum Gasteiger partial charge on any atom is 0.243 e. The molecule has 1 atom stereocenters. The van der Waals surface area contributed by atoms with Crippen LogP contribution in [0.5, 0.6) is 0 Å². The van der Waals surface area contributed by atoms with Crippen LogP contribution in [0.4, 0.5) is 5.82 Å². The van der Waals surface area contributed by atoms with Gasteiger partial charge in [-0.25, -0.2) is 9.98 Å². The zero-order chi connectivity index (χ0) is 19.8. The van der Waals surface area contributed by atoms with Crippen molar-refractivity contribution >= 4 is 41.7 Å². The molecule has 1 amide bonds. The summed E-state index contributed by atoms with van der Waals surface area (Å²) in [6.07, 6.45) is 3.02. The number of aliphatic imine (C=N–C) groups is 1. The van der Waals surface area contributed by atoms with E-state index in [0.29, 0.717) is 12.1 Å². The quantitative estimate of drug-likeness (QED) is 0.355. The monoisotopic (exact) mass is 502 g/mol. The summed E-state index contributed by atoms with van der Waals surface area (Å²) in [6, 6.07) is 6.81. The third kappa shape index (κ3) is 7.81. The first kappa shape index (κ1) is 24.5. The van der Waals surface area contributed by atoms with Crippen LogP contribution in [0.3, 0.4) is 0 Å². The minimum absolute atomic E-state index is 0. The molecule has 8 heteroatoms. The molecule has 2 N–H and O–H groups in total. The van der Waals surface area contributed by atoms with Gasteiger partial charge in [0.1, 0.15) is 12.4 Å². The van der Waals surface area contributed by atoms with Crippen molar-refractivity contribution < 1.29 is 4.79 Å². The highest BCUT2D eigenvalue weighted by Gasteiger charge is 2.21. The highest BCUT2D eigenvalue weighted by molar-refractivity contribution is 14.0. The number of anilines is 1. The Morgan fingerprint density at radius 1 is 1.36 bits per heavy atom. The molecule has 2 heterocycles. The maximum absolute atomic E-state index is 11.9. The van der Waals surface area contributed by atoms with E-state index in [2.05, 4.69) is 51.5 Å². The van der Waals surface area contributed by atoms with Gasteiger partial charge in [-0.2, -0.15) is 0 Å². The smallest absolute Gasteiger partial charge is 0.243 e. The molecule has 1 aromatic heterocycles. The molecule has 1 aliphatic rings. The zero-order valence-corrected chi connectivity index (χ0v) is 20.1. The van der Waals surface area contributed by atoms with E-state index in [-0.39, 0.29) is 36.4 Å². The Morgan fingerprint density at radius 3 is 2.61 bits per heavy atom. The van der Waals surface area contributed by atoms with Gasteiger partial charge >= 0.3 is 0 Å². The van der Waals surface area contributed by atoms with E-state index in [9.17, 15) is 4.79 Å². The van der Waals surface area contributed by atoms with Gasteiger partial charge < -0.3 is 20.4 Å². The number of carbonyl (C=O) groups is 1. The van der Waals surface area contributed by atoms with Gasteiger partial charge in [-0.05, 0) is 45.2 Å². The second-order valence-corrected chi connectivity index (χ2v) is 7.45. The van der Waals surface area contributed by atoms with E-state index in [4.69, 9.17) is 0 Å². The van der Waals surface area contributed by atoms with Crippen LogP contribution in [0.25, 0.3) is 0 Å². The van der Waals surface area contributed by atoms with E-state index < -0.39 is 0 Å². The van der Waals surface area contributed by atoms with Crippen LogP contribution in [0.15, 0.2) is 23.2 Å². The molecule has 2 rings (SSSR count). The molecule has 1 saturated heterocycles. The molecule has 0 aliphatic carbocycles. The molecular formula is C20H35IN6O. The summed E-state index contributed by atoms with van der Waals surface area (Å²) < 4.78 is 0. The van der Waals surface area contributed by atoms with Crippen LogP contribution in [-0.2, 0) is 4.79 Å². The average Bonchev–Trinajstić information content (AvgIpc) is 2.66. The number of nitrogens with one attached hydrogen (secondary N) is 2. The lowest BCUT2D eigenvalue weighted by Gasteiger charge is -2.34. The van der Waals surface area contributed by atoms with Crippen molar-refractivity contribution in [3.63, 3.8) is 0 Å². The lowest BCUT2D eigenvalue weighted by Crippen LogP contribution is -2.50. The number of halogens is 1. The topological polar surface area (TPSA) is 72.9 Å². The third-order valence-corrected chi connectivity index (χ3v) is 4.90. The predicted molar refractivity (Wildman–Crippen MR) is 127 cm³/mol. The summed E-state index contributed by atoms with van der Waals surface area (Å²) in [6.45, 7) is 8.36. The molecule has 7 nitrogen and oxygen atoms in total. The summed E-state index contributed by atoms with van der Waals surface area (Å²) in [7, 11) is 3.50. The first-order chi connectivity index (χ1) is 12.9. The van der Waals surface area contributed by atoms with Crippen molar-refractivity contribution in [3.05, 3.63) is 23.9 Å². The van der Waals surface area contributed by atoms with Crippen molar-refractivity contribution in [3.8, 4) is 0 Å². The van der Waals surface area contributed by atoms with E-state index in [1.807, 2.05) is 13.0 Å². The molecule has 0 spiro atoms. The standard InChI is InChI=1S/C20H34N6O.HI/c1-6-15(2)23-20(21-14-19(27)25(4)5)24-17-10-12-26(13-11-17)18-9-7-8-16(3)22-18;/h7-9,15,17H,6,10-14H2,1-5H3,(H2,21,23,24);1H. The molecule has 0 aromatic carbocycles. The fourth-order valence-electron chi connectivity index (χ4n) is 2.91. The summed E-state index contributed by atoms with van der Waals surface area (Å²) in [4.78, 5) is 24.9. The van der Waals surface area contributed by atoms with Gasteiger partial charge in [-0.15, -0.1) is 24.0 Å². The Hall–Kier alpha value is -1.58. The van der Waals surface area contributed by atoms with Gasteiger partial charge in [0.15, 0.2) is 5.96 Å². The van der Waals surface area contributed by atoms with Gasteiger partial charge in [-0.1, -0.05) is 13.0 Å². The van der Waals surface area contributed by atoms with Crippen molar-refractivity contribution in [2.24, 2.45) is 4.99 Å².